The molecule has 0 bridgehead atoms. The van der Waals surface area contributed by atoms with Crippen molar-refractivity contribution < 1.29 is 33.4 Å². The number of carbonyl (C=O) groups is 4. The molecule has 3 N–H and O–H groups in total. The van der Waals surface area contributed by atoms with Crippen molar-refractivity contribution in [3.63, 3.8) is 0 Å². The van der Waals surface area contributed by atoms with Gasteiger partial charge in [-0.2, -0.15) is 5.10 Å². The van der Waals surface area contributed by atoms with Crippen LogP contribution in [0.4, 0.5) is 16.2 Å². The van der Waals surface area contributed by atoms with Gasteiger partial charge < -0.3 is 29.7 Å². The molecule has 1 unspecified atom stereocenters. The van der Waals surface area contributed by atoms with Gasteiger partial charge in [0.15, 0.2) is 6.10 Å². The number of esters is 2. The zero-order valence-corrected chi connectivity index (χ0v) is 31.6. The number of fused-ring (bicyclic) bond motifs is 1. The van der Waals surface area contributed by atoms with E-state index >= 15 is 0 Å². The highest BCUT2D eigenvalue weighted by atomic mass is 79.9. The summed E-state index contributed by atoms with van der Waals surface area (Å²) in [6.45, 7) is 2.46. The summed E-state index contributed by atoms with van der Waals surface area (Å²) in [5.74, 6) is -1.02. The quantitative estimate of drug-likeness (QED) is 0.127. The van der Waals surface area contributed by atoms with E-state index in [0.717, 1.165) is 16.7 Å². The minimum Gasteiger partial charge on any atom is -0.497 e. The normalized spacial score (nSPS) is 12.6. The van der Waals surface area contributed by atoms with Crippen LogP contribution in [-0.4, -0.2) is 94.4 Å². The van der Waals surface area contributed by atoms with Crippen LogP contribution in [0.15, 0.2) is 94.9 Å². The number of nitrogens with one attached hydrogen (secondary N) is 3. The molecule has 0 fully saturated rings. The molecule has 6 rings (SSSR count). The number of rotatable bonds is 14. The number of hydrogen-bond donors (Lipinski definition) is 3. The van der Waals surface area contributed by atoms with E-state index in [0.29, 0.717) is 51.7 Å². The molecule has 0 spiro atoms. The molecule has 17 heteroatoms. The van der Waals surface area contributed by atoms with Gasteiger partial charge in [0.1, 0.15) is 17.9 Å². The fourth-order valence-corrected chi connectivity index (χ4v) is 6.28. The molecular weight excluding hydrogens is 774 g/mol. The molecule has 1 atom stereocenters. The zero-order valence-electron chi connectivity index (χ0n) is 30.0. The molecule has 0 saturated heterocycles. The lowest BCUT2D eigenvalue weighted by Gasteiger charge is -2.24. The van der Waals surface area contributed by atoms with Crippen LogP contribution in [0.1, 0.15) is 25.3 Å². The first-order valence-electron chi connectivity index (χ1n) is 17.3. The van der Waals surface area contributed by atoms with Crippen LogP contribution in [0.3, 0.4) is 0 Å². The second kappa shape index (κ2) is 18.1. The first-order valence-corrected chi connectivity index (χ1v) is 18.1. The first-order chi connectivity index (χ1) is 26.7. The topological polar surface area (TPSA) is 193 Å². The van der Waals surface area contributed by atoms with Crippen LogP contribution >= 0.6 is 15.9 Å². The minimum atomic E-state index is -1.26. The molecule has 2 aromatic heterocycles. The van der Waals surface area contributed by atoms with Crippen molar-refractivity contribution in [2.24, 2.45) is 4.99 Å². The van der Waals surface area contributed by atoms with Crippen LogP contribution in [0, 0.1) is 0 Å². The molecular formula is C38H38BrN9O7. The van der Waals surface area contributed by atoms with Crippen molar-refractivity contribution >= 4 is 68.2 Å². The molecule has 284 valence electrons. The maximum atomic E-state index is 13.6. The number of hydrogen-bond acceptors (Lipinski definition) is 12. The van der Waals surface area contributed by atoms with Gasteiger partial charge in [0, 0.05) is 49.4 Å². The number of halogens is 1. The number of aromatic nitrogens is 4. The van der Waals surface area contributed by atoms with Gasteiger partial charge in [-0.3, -0.25) is 29.6 Å². The largest absolute Gasteiger partial charge is 0.497 e. The third-order valence-electron chi connectivity index (χ3n) is 8.47. The summed E-state index contributed by atoms with van der Waals surface area (Å²) in [7, 11) is 1.56. The summed E-state index contributed by atoms with van der Waals surface area (Å²) >= 11 is 3.55. The van der Waals surface area contributed by atoms with E-state index in [1.165, 1.54) is 16.7 Å². The number of guanidine groups is 1. The van der Waals surface area contributed by atoms with E-state index in [1.807, 2.05) is 30.3 Å². The van der Waals surface area contributed by atoms with Crippen molar-refractivity contribution in [3.05, 3.63) is 95.5 Å². The molecule has 0 aliphatic carbocycles. The number of amides is 3. The number of carbonyl (C=O) groups excluding carboxylic acids is 4. The van der Waals surface area contributed by atoms with Gasteiger partial charge >= 0.3 is 18.0 Å². The van der Waals surface area contributed by atoms with E-state index in [9.17, 15) is 19.2 Å². The smallest absolute Gasteiger partial charge is 0.347 e. The Morgan fingerprint density at radius 2 is 1.82 bits per heavy atom. The fraction of sp³-hybridized carbons (Fsp3) is 0.263. The molecule has 3 amide bonds. The lowest BCUT2D eigenvalue weighted by atomic mass is 10.1. The Balaban J connectivity index is 1.03. The Bertz CT molecular complexity index is 2180. The van der Waals surface area contributed by atoms with E-state index in [-0.39, 0.29) is 32.5 Å². The summed E-state index contributed by atoms with van der Waals surface area (Å²) in [6.07, 6.45) is 4.81. The van der Waals surface area contributed by atoms with Crippen molar-refractivity contribution in [2.75, 3.05) is 43.6 Å². The average molecular weight is 813 g/mol. The standard InChI is InChI=1S/C38H38BrN9O7/c1-24(55-33(50)13-12-32(49)48(37-42-16-17-43-37)31-11-10-30-35(34(31)39)41-15-14-40-30)36(51)54-19-18-47(23-25-4-3-5-29(20-25)53-2)38(52)46-28-8-6-26(7-9-28)27-21-44-45-22-27/h3-11,14-15,20-22,24H,12-13,16-19,23H2,1-2H3,(H,42,43)(H,44,45)(H,46,52). The Labute approximate surface area is 324 Å². The second-order valence-corrected chi connectivity index (χ2v) is 13.0. The number of nitrogens with zero attached hydrogens (tertiary/aromatic N) is 6. The Morgan fingerprint density at radius 1 is 1.00 bits per heavy atom. The molecule has 0 saturated carbocycles. The number of urea groups is 1. The Hall–Kier alpha value is -6.36. The zero-order chi connectivity index (χ0) is 38.7. The monoisotopic (exact) mass is 811 g/mol. The Kier molecular flexibility index (Phi) is 12.6. The second-order valence-electron chi connectivity index (χ2n) is 12.3. The van der Waals surface area contributed by atoms with E-state index in [1.54, 1.807) is 62.2 Å². The van der Waals surface area contributed by atoms with Gasteiger partial charge in [-0.1, -0.05) is 24.3 Å². The number of methoxy groups -OCH3 is 1. The molecule has 1 aliphatic rings. The maximum absolute atomic E-state index is 13.6. The Morgan fingerprint density at radius 3 is 2.56 bits per heavy atom. The predicted octanol–water partition coefficient (Wildman–Crippen LogP) is 5.07. The number of anilines is 2. The number of H-pyrrole nitrogens is 1. The first kappa shape index (κ1) is 38.4. The molecule has 55 heavy (non-hydrogen) atoms. The average Bonchev–Trinajstić information content (AvgIpc) is 3.94. The van der Waals surface area contributed by atoms with Crippen molar-refractivity contribution in [1.29, 1.82) is 0 Å². The highest BCUT2D eigenvalue weighted by Crippen LogP contribution is 2.33. The maximum Gasteiger partial charge on any atom is 0.347 e. The van der Waals surface area contributed by atoms with Crippen LogP contribution in [-0.2, 0) is 30.4 Å². The van der Waals surface area contributed by atoms with Gasteiger partial charge in [0.05, 0.1) is 48.5 Å². The summed E-state index contributed by atoms with van der Waals surface area (Å²) in [5.41, 5.74) is 4.88. The molecule has 16 nitrogen and oxygen atoms in total. The summed E-state index contributed by atoms with van der Waals surface area (Å²) < 4.78 is 16.6. The number of aromatic amines is 1. The number of aliphatic imine (C=N–C) groups is 1. The van der Waals surface area contributed by atoms with Crippen LogP contribution < -0.4 is 20.3 Å². The third-order valence-corrected chi connectivity index (χ3v) is 9.25. The van der Waals surface area contributed by atoms with Gasteiger partial charge in [-0.15, -0.1) is 0 Å². The van der Waals surface area contributed by atoms with E-state index in [4.69, 9.17) is 14.2 Å². The third kappa shape index (κ3) is 9.80. The van der Waals surface area contributed by atoms with Gasteiger partial charge in [0.25, 0.3) is 0 Å². The molecule has 3 heterocycles. The van der Waals surface area contributed by atoms with Crippen LogP contribution in [0.2, 0.25) is 0 Å². The summed E-state index contributed by atoms with van der Waals surface area (Å²) in [5, 5.41) is 12.7. The van der Waals surface area contributed by atoms with E-state index in [2.05, 4.69) is 51.7 Å². The van der Waals surface area contributed by atoms with Crippen molar-refractivity contribution in [3.8, 4) is 16.9 Å². The lowest BCUT2D eigenvalue weighted by Crippen LogP contribution is -2.43. The molecule has 1 aliphatic heterocycles. The lowest BCUT2D eigenvalue weighted by molar-refractivity contribution is -0.166. The van der Waals surface area contributed by atoms with Gasteiger partial charge in [0.2, 0.25) is 11.9 Å². The minimum absolute atomic E-state index is 0.0285. The number of benzene rings is 3. The van der Waals surface area contributed by atoms with Gasteiger partial charge in [-0.25, -0.2) is 14.5 Å². The molecule has 3 aromatic carbocycles. The SMILES string of the molecule is COc1cccc(CN(CCOC(=O)C(C)OC(=O)CCC(=O)N(C2=NCCN2)c2ccc3nccnc3c2Br)C(=O)Nc2ccc(-c3cn[nH]c3)cc2)c1. The highest BCUT2D eigenvalue weighted by Gasteiger charge is 2.28. The van der Waals surface area contributed by atoms with E-state index < -0.39 is 30.0 Å². The fourth-order valence-electron chi connectivity index (χ4n) is 5.67. The number of ether oxygens (including phenoxy) is 3. The van der Waals surface area contributed by atoms with Crippen molar-refractivity contribution in [1.82, 2.24) is 30.4 Å². The predicted molar refractivity (Wildman–Crippen MR) is 207 cm³/mol. The van der Waals surface area contributed by atoms with Crippen LogP contribution in [0.25, 0.3) is 22.2 Å². The van der Waals surface area contributed by atoms with Gasteiger partial charge in [-0.05, 0) is 70.4 Å². The summed E-state index contributed by atoms with van der Waals surface area (Å²) in [6, 6.07) is 17.6. The molecule has 5 aromatic rings. The van der Waals surface area contributed by atoms with Crippen LogP contribution in [0.5, 0.6) is 5.75 Å². The van der Waals surface area contributed by atoms with Crippen molar-refractivity contribution in [2.45, 2.75) is 32.4 Å². The highest BCUT2D eigenvalue weighted by molar-refractivity contribution is 9.10. The summed E-state index contributed by atoms with van der Waals surface area (Å²) in [4.78, 5) is 68.7. The molecule has 0 radical (unpaired) electrons.